The number of halogens is 4. The Hall–Kier alpha value is -2.04. The van der Waals surface area contributed by atoms with E-state index in [1.54, 1.807) is 0 Å². The molecular formula is C9H3BrF3NO6. The van der Waals surface area contributed by atoms with Crippen LogP contribution in [0.25, 0.3) is 0 Å². The molecule has 1 aliphatic rings. The summed E-state index contributed by atoms with van der Waals surface area (Å²) >= 11 is 2.54. The van der Waals surface area contributed by atoms with Crippen molar-refractivity contribution < 1.29 is 37.1 Å². The molecule has 0 spiro atoms. The van der Waals surface area contributed by atoms with Crippen molar-refractivity contribution in [2.75, 3.05) is 7.11 Å². The summed E-state index contributed by atoms with van der Waals surface area (Å²) < 4.78 is 51.3. The van der Waals surface area contributed by atoms with E-state index in [4.69, 9.17) is 0 Å². The summed E-state index contributed by atoms with van der Waals surface area (Å²) in [4.78, 5) is 21.1. The molecule has 0 N–H and O–H groups in total. The van der Waals surface area contributed by atoms with E-state index in [-0.39, 0.29) is 0 Å². The molecule has 0 unspecified atom stereocenters. The number of nitrogens with zero attached hydrogens (tertiary/aromatic N) is 1. The van der Waals surface area contributed by atoms with E-state index in [0.29, 0.717) is 0 Å². The summed E-state index contributed by atoms with van der Waals surface area (Å²) in [6.45, 7) is 0. The van der Waals surface area contributed by atoms with E-state index in [9.17, 15) is 28.1 Å². The second-order valence-corrected chi connectivity index (χ2v) is 4.22. The van der Waals surface area contributed by atoms with Crippen LogP contribution >= 0.6 is 15.9 Å². The van der Waals surface area contributed by atoms with Gasteiger partial charge in [0.1, 0.15) is 4.47 Å². The van der Waals surface area contributed by atoms with Crippen molar-refractivity contribution >= 4 is 27.6 Å². The molecule has 0 aromatic heterocycles. The van der Waals surface area contributed by atoms with Gasteiger partial charge in [-0.25, -0.2) is 4.79 Å². The number of hydrogen-bond acceptors (Lipinski definition) is 6. The van der Waals surface area contributed by atoms with Crippen molar-refractivity contribution in [1.82, 2.24) is 0 Å². The summed E-state index contributed by atoms with van der Waals surface area (Å²) in [5.74, 6) is -4.81. The van der Waals surface area contributed by atoms with Crippen LogP contribution in [0.4, 0.5) is 18.9 Å². The summed E-state index contributed by atoms with van der Waals surface area (Å²) in [6, 6.07) is 0. The average Bonchev–Trinajstić information content (AvgIpc) is 2.67. The fourth-order valence-electron chi connectivity index (χ4n) is 1.54. The van der Waals surface area contributed by atoms with Crippen LogP contribution in [0, 0.1) is 15.9 Å². The van der Waals surface area contributed by atoms with Crippen LogP contribution in [0.1, 0.15) is 10.4 Å². The van der Waals surface area contributed by atoms with Gasteiger partial charge < -0.3 is 14.2 Å². The van der Waals surface area contributed by atoms with Gasteiger partial charge in [-0.2, -0.15) is 4.39 Å². The van der Waals surface area contributed by atoms with Crippen molar-refractivity contribution in [1.29, 1.82) is 0 Å². The second kappa shape index (κ2) is 4.51. The zero-order valence-corrected chi connectivity index (χ0v) is 11.0. The zero-order chi connectivity index (χ0) is 15.2. The molecular weight excluding hydrogens is 355 g/mol. The maximum Gasteiger partial charge on any atom is 0.586 e. The topological polar surface area (TPSA) is 87.9 Å². The van der Waals surface area contributed by atoms with Crippen molar-refractivity contribution in [3.05, 3.63) is 26.0 Å². The lowest BCUT2D eigenvalue weighted by Crippen LogP contribution is -2.26. The van der Waals surface area contributed by atoms with Gasteiger partial charge in [-0.05, 0) is 15.9 Å². The van der Waals surface area contributed by atoms with Gasteiger partial charge in [-0.1, -0.05) is 0 Å². The third-order valence-electron chi connectivity index (χ3n) is 2.28. The lowest BCUT2D eigenvalue weighted by Gasteiger charge is -2.07. The highest BCUT2D eigenvalue weighted by Gasteiger charge is 2.50. The highest BCUT2D eigenvalue weighted by Crippen LogP contribution is 2.52. The number of rotatable bonds is 2. The van der Waals surface area contributed by atoms with Crippen LogP contribution in [0.15, 0.2) is 4.47 Å². The van der Waals surface area contributed by atoms with E-state index in [1.807, 2.05) is 0 Å². The van der Waals surface area contributed by atoms with Crippen molar-refractivity contribution in [2.24, 2.45) is 0 Å². The predicted molar refractivity (Wildman–Crippen MR) is 58.3 cm³/mol. The molecule has 1 aliphatic heterocycles. The molecule has 108 valence electrons. The van der Waals surface area contributed by atoms with Gasteiger partial charge in [-0.15, -0.1) is 8.78 Å². The van der Waals surface area contributed by atoms with E-state index in [2.05, 4.69) is 30.1 Å². The Morgan fingerprint density at radius 2 is 1.95 bits per heavy atom. The number of benzene rings is 1. The van der Waals surface area contributed by atoms with Gasteiger partial charge in [0.2, 0.25) is 5.82 Å². The van der Waals surface area contributed by atoms with Gasteiger partial charge in [0.25, 0.3) is 0 Å². The number of fused-ring (bicyclic) bond motifs is 1. The Labute approximate surface area is 116 Å². The van der Waals surface area contributed by atoms with Crippen LogP contribution in [0.3, 0.4) is 0 Å². The van der Waals surface area contributed by atoms with Crippen molar-refractivity contribution in [3.63, 3.8) is 0 Å². The molecule has 0 saturated carbocycles. The van der Waals surface area contributed by atoms with Crippen molar-refractivity contribution in [2.45, 2.75) is 6.29 Å². The Morgan fingerprint density at radius 1 is 1.40 bits per heavy atom. The number of nitro benzene ring substituents is 1. The molecule has 2 rings (SSSR count). The highest BCUT2D eigenvalue weighted by molar-refractivity contribution is 9.10. The van der Waals surface area contributed by atoms with Crippen LogP contribution in [-0.4, -0.2) is 24.3 Å². The number of methoxy groups -OCH3 is 1. The number of alkyl halides is 2. The number of nitro groups is 1. The van der Waals surface area contributed by atoms with E-state index in [0.717, 1.165) is 7.11 Å². The summed E-state index contributed by atoms with van der Waals surface area (Å²) in [5.41, 5.74) is -2.45. The molecule has 0 radical (unpaired) electrons. The van der Waals surface area contributed by atoms with Gasteiger partial charge >= 0.3 is 18.0 Å². The smallest absolute Gasteiger partial charge is 0.465 e. The monoisotopic (exact) mass is 357 g/mol. The number of esters is 1. The number of ether oxygens (including phenoxy) is 3. The minimum atomic E-state index is -4.19. The Balaban J connectivity index is 2.84. The minimum absolute atomic E-state index is 0.760. The Kier molecular flexibility index (Phi) is 3.24. The van der Waals surface area contributed by atoms with E-state index < -0.39 is 50.2 Å². The standard InChI is InChI=1S/C9H3BrF3NO6/c1-18-8(15)2-5(14(16)17)4(11)3(10)7-6(2)19-9(12,13)20-7/h1H3. The fourth-order valence-corrected chi connectivity index (χ4v) is 1.99. The first-order valence-electron chi connectivity index (χ1n) is 4.73. The first kappa shape index (κ1) is 14.4. The summed E-state index contributed by atoms with van der Waals surface area (Å²) in [5, 5.41) is 10.8. The van der Waals surface area contributed by atoms with Crippen LogP contribution in [0.2, 0.25) is 0 Å². The molecule has 20 heavy (non-hydrogen) atoms. The quantitative estimate of drug-likeness (QED) is 0.459. The molecule has 1 aromatic rings. The molecule has 0 saturated heterocycles. The molecule has 0 fully saturated rings. The van der Waals surface area contributed by atoms with Gasteiger partial charge in [0.15, 0.2) is 17.1 Å². The molecule has 1 aromatic carbocycles. The molecule has 0 atom stereocenters. The zero-order valence-electron chi connectivity index (χ0n) is 9.41. The summed E-state index contributed by atoms with van der Waals surface area (Å²) in [6.07, 6.45) is -4.19. The maximum atomic E-state index is 13.8. The second-order valence-electron chi connectivity index (χ2n) is 3.43. The first-order chi connectivity index (χ1) is 9.19. The third-order valence-corrected chi connectivity index (χ3v) is 2.99. The third kappa shape index (κ3) is 2.03. The largest absolute Gasteiger partial charge is 0.586 e. The lowest BCUT2D eigenvalue weighted by atomic mass is 10.1. The summed E-state index contributed by atoms with van der Waals surface area (Å²) in [7, 11) is 0.840. The lowest BCUT2D eigenvalue weighted by molar-refractivity contribution is -0.388. The predicted octanol–water partition coefficient (Wildman–Crippen LogP) is 2.60. The van der Waals surface area contributed by atoms with Crippen LogP contribution < -0.4 is 9.47 Å². The molecule has 1 heterocycles. The molecule has 0 bridgehead atoms. The normalized spacial score (nSPS) is 15.1. The number of carbonyl (C=O) groups is 1. The Morgan fingerprint density at radius 3 is 2.45 bits per heavy atom. The van der Waals surface area contributed by atoms with Crippen molar-refractivity contribution in [3.8, 4) is 11.5 Å². The Bertz CT molecular complexity index is 635. The highest BCUT2D eigenvalue weighted by atomic mass is 79.9. The SMILES string of the molecule is COC(=O)c1c2c(c(Br)c(F)c1[N+](=O)[O-])OC(F)(F)O2. The molecule has 0 aliphatic carbocycles. The van der Waals surface area contributed by atoms with Gasteiger partial charge in [-0.3, -0.25) is 10.1 Å². The first-order valence-corrected chi connectivity index (χ1v) is 5.52. The van der Waals surface area contributed by atoms with Gasteiger partial charge in [0, 0.05) is 0 Å². The minimum Gasteiger partial charge on any atom is -0.465 e. The van der Waals surface area contributed by atoms with E-state index >= 15 is 0 Å². The number of carbonyl (C=O) groups excluding carboxylic acids is 1. The number of hydrogen-bond donors (Lipinski definition) is 0. The van der Waals surface area contributed by atoms with Crippen LogP contribution in [0.5, 0.6) is 11.5 Å². The van der Waals surface area contributed by atoms with Gasteiger partial charge in [0.05, 0.1) is 12.0 Å². The maximum absolute atomic E-state index is 13.8. The fraction of sp³-hybridized carbons (Fsp3) is 0.222. The van der Waals surface area contributed by atoms with Crippen LogP contribution in [-0.2, 0) is 4.74 Å². The molecule has 7 nitrogen and oxygen atoms in total. The van der Waals surface area contributed by atoms with E-state index in [1.165, 1.54) is 0 Å². The molecule has 0 amide bonds. The molecule has 11 heteroatoms. The average molecular weight is 358 g/mol.